The van der Waals surface area contributed by atoms with Crippen LogP contribution in [0.3, 0.4) is 0 Å². The van der Waals surface area contributed by atoms with Crippen molar-refractivity contribution in [3.8, 4) is 11.5 Å². The van der Waals surface area contributed by atoms with Crippen LogP contribution in [0.25, 0.3) is 11.5 Å². The van der Waals surface area contributed by atoms with Crippen molar-refractivity contribution in [2.45, 2.75) is 44.9 Å². The van der Waals surface area contributed by atoms with Crippen molar-refractivity contribution in [3.05, 3.63) is 35.2 Å². The van der Waals surface area contributed by atoms with Gasteiger partial charge >= 0.3 is 0 Å². The number of likely N-dealkylation sites (tertiary alicyclic amines) is 1. The van der Waals surface area contributed by atoms with Gasteiger partial charge in [0, 0.05) is 16.6 Å². The zero-order valence-electron chi connectivity index (χ0n) is 12.8. The number of hydrogen-bond donors (Lipinski definition) is 1. The Bertz CT molecular complexity index is 634. The zero-order chi connectivity index (χ0) is 15.7. The molecule has 1 aromatic carbocycles. The van der Waals surface area contributed by atoms with Gasteiger partial charge in [-0.1, -0.05) is 11.6 Å². The summed E-state index contributed by atoms with van der Waals surface area (Å²) >= 11 is 5.88. The summed E-state index contributed by atoms with van der Waals surface area (Å²) in [5, 5.41) is 19.1. The largest absolute Gasteiger partial charge is 0.419 e. The molecule has 1 fully saturated rings. The molecule has 1 saturated heterocycles. The average molecular weight is 322 g/mol. The van der Waals surface area contributed by atoms with Crippen LogP contribution in [0.15, 0.2) is 28.7 Å². The number of hydrogen-bond acceptors (Lipinski definition) is 5. The van der Waals surface area contributed by atoms with Gasteiger partial charge in [0.1, 0.15) is 0 Å². The van der Waals surface area contributed by atoms with E-state index in [1.165, 1.54) is 0 Å². The van der Waals surface area contributed by atoms with Gasteiger partial charge in [0.15, 0.2) is 0 Å². The van der Waals surface area contributed by atoms with Gasteiger partial charge in [0.2, 0.25) is 11.8 Å². The number of halogens is 1. The lowest BCUT2D eigenvalue weighted by Gasteiger charge is -2.32. The summed E-state index contributed by atoms with van der Waals surface area (Å²) < 4.78 is 5.74. The highest BCUT2D eigenvalue weighted by Gasteiger charge is 2.36. The average Bonchev–Trinajstić information content (AvgIpc) is 3.09. The predicted molar refractivity (Wildman–Crippen MR) is 84.5 cm³/mol. The number of nitrogens with zero attached hydrogens (tertiary/aromatic N) is 3. The van der Waals surface area contributed by atoms with Gasteiger partial charge < -0.3 is 9.52 Å². The van der Waals surface area contributed by atoms with E-state index in [9.17, 15) is 5.11 Å². The van der Waals surface area contributed by atoms with E-state index in [0.717, 1.165) is 24.9 Å². The molecule has 1 atom stereocenters. The van der Waals surface area contributed by atoms with E-state index in [2.05, 4.69) is 15.1 Å². The lowest BCUT2D eigenvalue weighted by molar-refractivity contribution is -0.00723. The normalized spacial score (nSPS) is 19.7. The van der Waals surface area contributed by atoms with Crippen LogP contribution in [-0.4, -0.2) is 38.4 Å². The van der Waals surface area contributed by atoms with Crippen LogP contribution >= 0.6 is 11.6 Å². The highest BCUT2D eigenvalue weighted by atomic mass is 35.5. The first kappa shape index (κ1) is 15.5. The van der Waals surface area contributed by atoms with E-state index in [1.807, 2.05) is 26.0 Å². The first-order valence-corrected chi connectivity index (χ1v) is 7.86. The molecule has 22 heavy (non-hydrogen) atoms. The van der Waals surface area contributed by atoms with Crippen LogP contribution in [0.5, 0.6) is 0 Å². The molecule has 118 valence electrons. The van der Waals surface area contributed by atoms with E-state index in [1.54, 1.807) is 12.1 Å². The first-order chi connectivity index (χ1) is 10.4. The van der Waals surface area contributed by atoms with Gasteiger partial charge in [0.25, 0.3) is 0 Å². The summed E-state index contributed by atoms with van der Waals surface area (Å²) in [6.07, 6.45) is 2.06. The third kappa shape index (κ3) is 3.32. The molecule has 1 aliphatic heterocycles. The van der Waals surface area contributed by atoms with Crippen LogP contribution in [0.4, 0.5) is 0 Å². The first-order valence-electron chi connectivity index (χ1n) is 7.48. The molecule has 2 heterocycles. The maximum atomic E-state index is 10.3. The molecule has 0 spiro atoms. The van der Waals surface area contributed by atoms with Crippen LogP contribution in [0.2, 0.25) is 5.02 Å². The minimum atomic E-state index is -0.727. The summed E-state index contributed by atoms with van der Waals surface area (Å²) in [5.41, 5.74) is 0.124. The van der Waals surface area contributed by atoms with Crippen molar-refractivity contribution < 1.29 is 9.52 Å². The monoisotopic (exact) mass is 321 g/mol. The molecule has 1 N–H and O–H groups in total. The van der Waals surface area contributed by atoms with E-state index >= 15 is 0 Å². The second-order valence-electron chi connectivity index (χ2n) is 6.29. The van der Waals surface area contributed by atoms with Crippen molar-refractivity contribution in [1.82, 2.24) is 15.1 Å². The zero-order valence-corrected chi connectivity index (χ0v) is 13.5. The molecule has 0 amide bonds. The molecule has 2 aromatic rings. The molecule has 6 heteroatoms. The maximum Gasteiger partial charge on any atom is 0.247 e. The van der Waals surface area contributed by atoms with E-state index < -0.39 is 5.60 Å². The fraction of sp³-hybridized carbons (Fsp3) is 0.500. The van der Waals surface area contributed by atoms with Crippen LogP contribution in [0.1, 0.15) is 32.6 Å². The molecule has 0 aliphatic carbocycles. The third-order valence-electron chi connectivity index (χ3n) is 4.08. The SMILES string of the molecule is CC(C)(O)C1CCCN1Cc1nnc(-c2ccc(Cl)cc2)o1. The minimum absolute atomic E-state index is 0.124. The Hall–Kier alpha value is -1.43. The summed E-state index contributed by atoms with van der Waals surface area (Å²) in [6.45, 7) is 5.20. The highest BCUT2D eigenvalue weighted by molar-refractivity contribution is 6.30. The second-order valence-corrected chi connectivity index (χ2v) is 6.73. The Labute approximate surface area is 134 Å². The van der Waals surface area contributed by atoms with Crippen molar-refractivity contribution in [3.63, 3.8) is 0 Å². The summed E-state index contributed by atoms with van der Waals surface area (Å²) in [4.78, 5) is 2.21. The lowest BCUT2D eigenvalue weighted by Crippen LogP contribution is -2.45. The van der Waals surface area contributed by atoms with Gasteiger partial charge in [-0.3, -0.25) is 4.90 Å². The van der Waals surface area contributed by atoms with Crippen molar-refractivity contribution in [1.29, 1.82) is 0 Å². The highest BCUT2D eigenvalue weighted by Crippen LogP contribution is 2.28. The summed E-state index contributed by atoms with van der Waals surface area (Å²) in [7, 11) is 0. The van der Waals surface area contributed by atoms with E-state index in [0.29, 0.717) is 23.3 Å². The fourth-order valence-corrected chi connectivity index (χ4v) is 3.14. The Morgan fingerprint density at radius 1 is 1.32 bits per heavy atom. The van der Waals surface area contributed by atoms with E-state index in [4.69, 9.17) is 16.0 Å². The number of aliphatic hydroxyl groups is 1. The van der Waals surface area contributed by atoms with Crippen LogP contribution in [-0.2, 0) is 6.54 Å². The lowest BCUT2D eigenvalue weighted by atomic mass is 9.97. The number of benzene rings is 1. The Balaban J connectivity index is 1.73. The van der Waals surface area contributed by atoms with Gasteiger partial charge in [-0.05, 0) is 57.5 Å². The molecule has 1 aliphatic rings. The predicted octanol–water partition coefficient (Wildman–Crippen LogP) is 3.13. The topological polar surface area (TPSA) is 62.4 Å². The third-order valence-corrected chi connectivity index (χ3v) is 4.33. The minimum Gasteiger partial charge on any atom is -0.419 e. The molecule has 1 aromatic heterocycles. The van der Waals surface area contributed by atoms with Crippen molar-refractivity contribution >= 4 is 11.6 Å². The van der Waals surface area contributed by atoms with Crippen LogP contribution in [0, 0.1) is 0 Å². The van der Waals surface area contributed by atoms with E-state index in [-0.39, 0.29) is 6.04 Å². The maximum absolute atomic E-state index is 10.3. The molecule has 0 radical (unpaired) electrons. The second kappa shape index (κ2) is 5.99. The van der Waals surface area contributed by atoms with Gasteiger partial charge in [-0.2, -0.15) is 0 Å². The molecular weight excluding hydrogens is 302 g/mol. The molecule has 0 saturated carbocycles. The van der Waals surface area contributed by atoms with Gasteiger partial charge in [0.05, 0.1) is 12.1 Å². The van der Waals surface area contributed by atoms with Gasteiger partial charge in [-0.15, -0.1) is 10.2 Å². The molecule has 5 nitrogen and oxygen atoms in total. The fourth-order valence-electron chi connectivity index (χ4n) is 3.02. The molecular formula is C16H20ClN3O2. The van der Waals surface area contributed by atoms with Crippen molar-refractivity contribution in [2.75, 3.05) is 6.54 Å². The van der Waals surface area contributed by atoms with Crippen LogP contribution < -0.4 is 0 Å². The van der Waals surface area contributed by atoms with Gasteiger partial charge in [-0.25, -0.2) is 0 Å². The molecule has 1 unspecified atom stereocenters. The Morgan fingerprint density at radius 2 is 2.05 bits per heavy atom. The number of rotatable bonds is 4. The molecule has 3 rings (SSSR count). The summed E-state index contributed by atoms with van der Waals surface area (Å²) in [5.74, 6) is 1.06. The summed E-state index contributed by atoms with van der Waals surface area (Å²) in [6, 6.07) is 7.43. The molecule has 0 bridgehead atoms. The Kier molecular flexibility index (Phi) is 4.21. The Morgan fingerprint density at radius 3 is 2.73 bits per heavy atom. The van der Waals surface area contributed by atoms with Crippen molar-refractivity contribution in [2.24, 2.45) is 0 Å². The standard InChI is InChI=1S/C16H20ClN3O2/c1-16(2,21)13-4-3-9-20(13)10-14-18-19-15(22-14)11-5-7-12(17)8-6-11/h5-8,13,21H,3-4,9-10H2,1-2H3. The number of aromatic nitrogens is 2. The quantitative estimate of drug-likeness (QED) is 0.937. The smallest absolute Gasteiger partial charge is 0.247 e.